The van der Waals surface area contributed by atoms with Crippen molar-refractivity contribution in [1.29, 1.82) is 0 Å². The fourth-order valence-electron chi connectivity index (χ4n) is 2.21. The Balaban J connectivity index is 2.18. The lowest BCUT2D eigenvalue weighted by atomic mass is 10.2. The highest BCUT2D eigenvalue weighted by molar-refractivity contribution is 5.76. The zero-order valence-corrected chi connectivity index (χ0v) is 11.2. The lowest BCUT2D eigenvalue weighted by Gasteiger charge is -2.22. The molecular weight excluding hydrogens is 216 g/mol. The molecule has 17 heavy (non-hydrogen) atoms. The number of carbonyl (C=O) groups is 1. The van der Waals surface area contributed by atoms with Crippen molar-refractivity contribution < 1.29 is 9.90 Å². The van der Waals surface area contributed by atoms with E-state index in [0.29, 0.717) is 12.5 Å². The largest absolute Gasteiger partial charge is 0.395 e. The lowest BCUT2D eigenvalue weighted by Crippen LogP contribution is -2.33. The molecule has 0 heterocycles. The minimum absolute atomic E-state index is 0.223. The van der Waals surface area contributed by atoms with Crippen molar-refractivity contribution in [1.82, 2.24) is 9.80 Å². The number of rotatable bonds is 9. The SMILES string of the molecule is CCN(CC)C(=O)CCCN(CCO)C1CC1. The molecule has 0 aromatic carbocycles. The van der Waals surface area contributed by atoms with Crippen LogP contribution in [0.4, 0.5) is 0 Å². The summed E-state index contributed by atoms with van der Waals surface area (Å²) in [7, 11) is 0. The molecule has 0 radical (unpaired) electrons. The van der Waals surface area contributed by atoms with Crippen LogP contribution in [0.2, 0.25) is 0 Å². The lowest BCUT2D eigenvalue weighted by molar-refractivity contribution is -0.131. The Morgan fingerprint density at radius 1 is 1.24 bits per heavy atom. The van der Waals surface area contributed by atoms with E-state index in [1.807, 2.05) is 18.7 Å². The molecule has 0 aliphatic heterocycles. The van der Waals surface area contributed by atoms with Crippen molar-refractivity contribution in [2.45, 2.75) is 45.6 Å². The topological polar surface area (TPSA) is 43.8 Å². The number of aliphatic hydroxyl groups excluding tert-OH is 1. The number of carbonyl (C=O) groups excluding carboxylic acids is 1. The first-order valence-electron chi connectivity index (χ1n) is 6.85. The predicted molar refractivity (Wildman–Crippen MR) is 68.8 cm³/mol. The summed E-state index contributed by atoms with van der Waals surface area (Å²) in [6, 6.07) is 0.672. The molecule has 0 atom stereocenters. The van der Waals surface area contributed by atoms with E-state index in [2.05, 4.69) is 4.90 Å². The van der Waals surface area contributed by atoms with Crippen LogP contribution in [-0.2, 0) is 4.79 Å². The molecule has 4 heteroatoms. The normalized spacial score (nSPS) is 15.3. The van der Waals surface area contributed by atoms with Gasteiger partial charge >= 0.3 is 0 Å². The van der Waals surface area contributed by atoms with Crippen molar-refractivity contribution >= 4 is 5.91 Å². The summed E-state index contributed by atoms with van der Waals surface area (Å²) in [5.74, 6) is 0.259. The first kappa shape index (κ1) is 14.5. The quantitative estimate of drug-likeness (QED) is 0.658. The van der Waals surface area contributed by atoms with Gasteiger partial charge in [0.25, 0.3) is 0 Å². The van der Waals surface area contributed by atoms with Gasteiger partial charge in [-0.05, 0) is 39.7 Å². The van der Waals surface area contributed by atoms with E-state index in [1.165, 1.54) is 12.8 Å². The van der Waals surface area contributed by atoms with E-state index in [4.69, 9.17) is 5.11 Å². The Bertz CT molecular complexity index is 225. The molecule has 0 bridgehead atoms. The predicted octanol–water partition coefficient (Wildman–Crippen LogP) is 1.09. The molecule has 1 aliphatic carbocycles. The summed E-state index contributed by atoms with van der Waals surface area (Å²) in [4.78, 5) is 16.0. The van der Waals surface area contributed by atoms with Crippen molar-refractivity contribution in [3.05, 3.63) is 0 Å². The van der Waals surface area contributed by atoms with Crippen molar-refractivity contribution in [2.75, 3.05) is 32.8 Å². The van der Waals surface area contributed by atoms with Crippen LogP contribution in [0.15, 0.2) is 0 Å². The molecule has 1 amide bonds. The summed E-state index contributed by atoms with van der Waals surface area (Å²) in [5, 5.41) is 8.97. The zero-order chi connectivity index (χ0) is 12.7. The fourth-order valence-corrected chi connectivity index (χ4v) is 2.21. The summed E-state index contributed by atoms with van der Waals surface area (Å²) in [6.45, 7) is 7.56. The van der Waals surface area contributed by atoms with E-state index >= 15 is 0 Å². The summed E-state index contributed by atoms with van der Waals surface area (Å²) >= 11 is 0. The average molecular weight is 242 g/mol. The summed E-state index contributed by atoms with van der Waals surface area (Å²) in [6.07, 6.45) is 4.05. The second kappa shape index (κ2) is 7.67. The van der Waals surface area contributed by atoms with Gasteiger partial charge in [0.2, 0.25) is 5.91 Å². The fraction of sp³-hybridized carbons (Fsp3) is 0.923. The van der Waals surface area contributed by atoms with Crippen LogP contribution in [0.3, 0.4) is 0 Å². The Hall–Kier alpha value is -0.610. The number of hydrogen-bond acceptors (Lipinski definition) is 3. The average Bonchev–Trinajstić information content (AvgIpc) is 3.13. The molecule has 4 nitrogen and oxygen atoms in total. The van der Waals surface area contributed by atoms with Gasteiger partial charge in [-0.15, -0.1) is 0 Å². The number of aliphatic hydroxyl groups is 1. The van der Waals surface area contributed by atoms with E-state index < -0.39 is 0 Å². The second-order valence-electron chi connectivity index (χ2n) is 4.66. The molecule has 1 saturated carbocycles. The molecule has 0 saturated heterocycles. The molecule has 100 valence electrons. The molecule has 1 N–H and O–H groups in total. The Kier molecular flexibility index (Phi) is 6.52. The minimum atomic E-state index is 0.223. The standard InChI is InChI=1S/C13H26N2O2/c1-3-14(4-2)13(17)6-5-9-15(10-11-16)12-7-8-12/h12,16H,3-11H2,1-2H3. The van der Waals surface area contributed by atoms with Gasteiger partial charge in [-0.3, -0.25) is 9.69 Å². The van der Waals surface area contributed by atoms with Gasteiger partial charge in [0.15, 0.2) is 0 Å². The van der Waals surface area contributed by atoms with Gasteiger partial charge in [0.1, 0.15) is 0 Å². The van der Waals surface area contributed by atoms with Crippen LogP contribution in [0, 0.1) is 0 Å². The number of nitrogens with zero attached hydrogens (tertiary/aromatic N) is 2. The van der Waals surface area contributed by atoms with Gasteiger partial charge in [0.05, 0.1) is 6.61 Å². The highest BCUT2D eigenvalue weighted by atomic mass is 16.3. The number of amides is 1. The van der Waals surface area contributed by atoms with E-state index in [1.54, 1.807) is 0 Å². The summed E-state index contributed by atoms with van der Waals surface area (Å²) < 4.78 is 0. The first-order valence-corrected chi connectivity index (χ1v) is 6.85. The number of hydrogen-bond donors (Lipinski definition) is 1. The van der Waals surface area contributed by atoms with Crippen LogP contribution in [0.5, 0.6) is 0 Å². The van der Waals surface area contributed by atoms with Gasteiger partial charge in [0, 0.05) is 32.1 Å². The summed E-state index contributed by atoms with van der Waals surface area (Å²) in [5.41, 5.74) is 0. The van der Waals surface area contributed by atoms with E-state index in [9.17, 15) is 4.79 Å². The highest BCUT2D eigenvalue weighted by Crippen LogP contribution is 2.26. The molecule has 0 aromatic heterocycles. The Morgan fingerprint density at radius 2 is 1.88 bits per heavy atom. The third-order valence-electron chi connectivity index (χ3n) is 3.40. The third kappa shape index (κ3) is 5.04. The molecule has 1 fully saturated rings. The van der Waals surface area contributed by atoms with Crippen molar-refractivity contribution in [3.8, 4) is 0 Å². The van der Waals surface area contributed by atoms with Crippen molar-refractivity contribution in [2.24, 2.45) is 0 Å². The van der Waals surface area contributed by atoms with Crippen LogP contribution in [-0.4, -0.2) is 59.6 Å². The smallest absolute Gasteiger partial charge is 0.222 e. The van der Waals surface area contributed by atoms with E-state index in [0.717, 1.165) is 32.6 Å². The van der Waals surface area contributed by atoms with Crippen molar-refractivity contribution in [3.63, 3.8) is 0 Å². The minimum Gasteiger partial charge on any atom is -0.395 e. The van der Waals surface area contributed by atoms with Gasteiger partial charge in [-0.2, -0.15) is 0 Å². The molecule has 1 rings (SSSR count). The van der Waals surface area contributed by atoms with Gasteiger partial charge < -0.3 is 10.0 Å². The molecule has 1 aliphatic rings. The van der Waals surface area contributed by atoms with Gasteiger partial charge in [-0.25, -0.2) is 0 Å². The van der Waals surface area contributed by atoms with Crippen LogP contribution in [0.25, 0.3) is 0 Å². The highest BCUT2D eigenvalue weighted by Gasteiger charge is 2.28. The third-order valence-corrected chi connectivity index (χ3v) is 3.40. The zero-order valence-electron chi connectivity index (χ0n) is 11.2. The molecular formula is C13H26N2O2. The molecule has 0 aromatic rings. The molecule has 0 spiro atoms. The molecule has 0 unspecified atom stereocenters. The Labute approximate surface area is 105 Å². The van der Waals surface area contributed by atoms with Gasteiger partial charge in [-0.1, -0.05) is 0 Å². The van der Waals surface area contributed by atoms with Crippen LogP contribution < -0.4 is 0 Å². The van der Waals surface area contributed by atoms with Crippen LogP contribution in [0.1, 0.15) is 39.5 Å². The maximum atomic E-state index is 11.8. The first-order chi connectivity index (χ1) is 8.22. The van der Waals surface area contributed by atoms with E-state index in [-0.39, 0.29) is 12.5 Å². The second-order valence-corrected chi connectivity index (χ2v) is 4.66. The maximum Gasteiger partial charge on any atom is 0.222 e. The Morgan fingerprint density at radius 3 is 2.35 bits per heavy atom. The monoisotopic (exact) mass is 242 g/mol. The van der Waals surface area contributed by atoms with Crippen LogP contribution >= 0.6 is 0 Å². The maximum absolute atomic E-state index is 11.8.